The second-order valence-electron chi connectivity index (χ2n) is 7.92. The number of aryl methyl sites for hydroxylation is 1. The van der Waals surface area contributed by atoms with Gasteiger partial charge in [-0.1, -0.05) is 26.0 Å². The fraction of sp³-hybridized carbons (Fsp3) is 0.500. The van der Waals surface area contributed by atoms with Crippen molar-refractivity contribution in [3.8, 4) is 0 Å². The maximum Gasteiger partial charge on any atom is 0.255 e. The number of nitrogens with zero attached hydrogens (tertiary/aromatic N) is 4. The molecule has 156 valence electrons. The Balaban J connectivity index is 1.69. The van der Waals surface area contributed by atoms with Crippen LogP contribution in [0, 0.1) is 13.8 Å². The van der Waals surface area contributed by atoms with Gasteiger partial charge >= 0.3 is 0 Å². The van der Waals surface area contributed by atoms with Crippen LogP contribution in [-0.2, 0) is 0 Å². The lowest BCUT2D eigenvalue weighted by Crippen LogP contribution is -2.47. The monoisotopic (exact) mass is 394 g/mol. The molecule has 1 saturated heterocycles. The van der Waals surface area contributed by atoms with E-state index < -0.39 is 0 Å². The van der Waals surface area contributed by atoms with Crippen LogP contribution in [0.15, 0.2) is 36.7 Å². The summed E-state index contributed by atoms with van der Waals surface area (Å²) in [5, 5.41) is 0. The summed E-state index contributed by atoms with van der Waals surface area (Å²) in [7, 11) is 0. The Morgan fingerprint density at radius 1 is 1.00 bits per heavy atom. The van der Waals surface area contributed by atoms with E-state index in [2.05, 4.69) is 60.7 Å². The van der Waals surface area contributed by atoms with Crippen LogP contribution in [0.3, 0.4) is 0 Å². The van der Waals surface area contributed by atoms with Crippen molar-refractivity contribution >= 4 is 17.3 Å². The maximum atomic E-state index is 12.9. The van der Waals surface area contributed by atoms with Crippen molar-refractivity contribution in [2.75, 3.05) is 49.1 Å². The Morgan fingerprint density at radius 3 is 2.31 bits per heavy atom. The van der Waals surface area contributed by atoms with E-state index in [-0.39, 0.29) is 5.91 Å². The number of amides is 1. The smallest absolute Gasteiger partial charge is 0.255 e. The first-order valence-electron chi connectivity index (χ1n) is 10.9. The Kier molecular flexibility index (Phi) is 7.13. The van der Waals surface area contributed by atoms with E-state index >= 15 is 0 Å². The molecule has 0 saturated carbocycles. The second kappa shape index (κ2) is 9.77. The lowest BCUT2D eigenvalue weighted by atomic mass is 10.1. The van der Waals surface area contributed by atoms with Crippen LogP contribution in [0.2, 0.25) is 0 Å². The first-order chi connectivity index (χ1) is 14.0. The zero-order chi connectivity index (χ0) is 20.8. The van der Waals surface area contributed by atoms with Crippen LogP contribution >= 0.6 is 0 Å². The largest absolute Gasteiger partial charge is 0.368 e. The third-order valence-corrected chi connectivity index (χ3v) is 5.81. The van der Waals surface area contributed by atoms with Gasteiger partial charge in [-0.2, -0.15) is 0 Å². The van der Waals surface area contributed by atoms with Gasteiger partial charge in [0.15, 0.2) is 0 Å². The summed E-state index contributed by atoms with van der Waals surface area (Å²) in [4.78, 5) is 24.1. The van der Waals surface area contributed by atoms with Crippen LogP contribution in [0.1, 0.15) is 48.2 Å². The molecule has 1 aromatic heterocycles. The third-order valence-electron chi connectivity index (χ3n) is 5.81. The number of carbonyl (C=O) groups is 1. The minimum Gasteiger partial charge on any atom is -0.368 e. The fourth-order valence-electron chi connectivity index (χ4n) is 4.04. The molecule has 1 aliphatic heterocycles. The van der Waals surface area contributed by atoms with E-state index in [0.29, 0.717) is 5.56 Å². The zero-order valence-corrected chi connectivity index (χ0v) is 18.3. The van der Waals surface area contributed by atoms with Gasteiger partial charge in [-0.15, -0.1) is 0 Å². The van der Waals surface area contributed by atoms with E-state index in [9.17, 15) is 4.79 Å². The second-order valence-corrected chi connectivity index (χ2v) is 7.92. The number of hydrogen-bond donors (Lipinski definition) is 0. The van der Waals surface area contributed by atoms with Gasteiger partial charge < -0.3 is 14.7 Å². The highest BCUT2D eigenvalue weighted by atomic mass is 16.2. The molecule has 5 heteroatoms. The molecule has 0 radical (unpaired) electrons. The van der Waals surface area contributed by atoms with Crippen LogP contribution in [-0.4, -0.2) is 55.1 Å². The molecule has 0 spiro atoms. The predicted molar refractivity (Wildman–Crippen MR) is 121 cm³/mol. The number of aromatic nitrogens is 1. The van der Waals surface area contributed by atoms with Gasteiger partial charge in [0.1, 0.15) is 0 Å². The Hall–Kier alpha value is -2.56. The number of piperazine rings is 1. The molecule has 0 aliphatic carbocycles. The summed E-state index contributed by atoms with van der Waals surface area (Å²) >= 11 is 0. The summed E-state index contributed by atoms with van der Waals surface area (Å²) in [6, 6.07) is 8.54. The molecule has 29 heavy (non-hydrogen) atoms. The topological polar surface area (TPSA) is 39.7 Å². The van der Waals surface area contributed by atoms with Gasteiger partial charge in [0.2, 0.25) is 0 Å². The highest BCUT2D eigenvalue weighted by Crippen LogP contribution is 2.25. The predicted octanol–water partition coefficient (Wildman–Crippen LogP) is 4.29. The SMILES string of the molecule is CCCN(CCC)C(=O)c1cncc(N2CCN(c3cccc(C)c3C)CC2)c1. The third kappa shape index (κ3) is 4.89. The summed E-state index contributed by atoms with van der Waals surface area (Å²) in [5.41, 5.74) is 5.78. The first-order valence-corrected chi connectivity index (χ1v) is 10.9. The summed E-state index contributed by atoms with van der Waals surface area (Å²) < 4.78 is 0. The minimum atomic E-state index is 0.0945. The molecule has 0 N–H and O–H groups in total. The zero-order valence-electron chi connectivity index (χ0n) is 18.3. The van der Waals surface area contributed by atoms with Gasteiger partial charge in [0.05, 0.1) is 17.4 Å². The van der Waals surface area contributed by atoms with E-state index in [1.807, 2.05) is 17.2 Å². The summed E-state index contributed by atoms with van der Waals surface area (Å²) in [5.74, 6) is 0.0945. The average Bonchev–Trinajstić information content (AvgIpc) is 2.75. The van der Waals surface area contributed by atoms with Gasteiger partial charge in [-0.05, 0) is 49.9 Å². The Bertz CT molecular complexity index is 821. The van der Waals surface area contributed by atoms with Crippen LogP contribution < -0.4 is 9.80 Å². The fourth-order valence-corrected chi connectivity index (χ4v) is 4.04. The first kappa shape index (κ1) is 21.2. The Labute approximate surface area is 175 Å². The number of pyridine rings is 1. The standard InChI is InChI=1S/C24H34N4O/c1-5-10-28(11-6-2)24(29)21-16-22(18-25-17-21)26-12-14-27(15-13-26)23-9-7-8-19(3)20(23)4/h7-9,16-18H,5-6,10-15H2,1-4H3. The molecule has 0 bridgehead atoms. The van der Waals surface area contributed by atoms with Crippen molar-refractivity contribution in [3.63, 3.8) is 0 Å². The number of rotatable bonds is 7. The molecule has 1 aliphatic rings. The van der Waals surface area contributed by atoms with Crippen molar-refractivity contribution in [2.24, 2.45) is 0 Å². The van der Waals surface area contributed by atoms with Crippen molar-refractivity contribution in [2.45, 2.75) is 40.5 Å². The van der Waals surface area contributed by atoms with Crippen molar-refractivity contribution < 1.29 is 4.79 Å². The van der Waals surface area contributed by atoms with Crippen molar-refractivity contribution in [1.82, 2.24) is 9.88 Å². The van der Waals surface area contributed by atoms with Gasteiger partial charge in [-0.3, -0.25) is 9.78 Å². The Morgan fingerprint density at radius 2 is 1.66 bits per heavy atom. The van der Waals surface area contributed by atoms with Crippen molar-refractivity contribution in [1.29, 1.82) is 0 Å². The maximum absolute atomic E-state index is 12.9. The van der Waals surface area contributed by atoms with Gasteiger partial charge in [0.25, 0.3) is 5.91 Å². The number of carbonyl (C=O) groups excluding carboxylic acids is 1. The summed E-state index contributed by atoms with van der Waals surface area (Å²) in [6.07, 6.45) is 5.53. The van der Waals surface area contributed by atoms with E-state index in [1.54, 1.807) is 6.20 Å². The van der Waals surface area contributed by atoms with Crippen LogP contribution in [0.25, 0.3) is 0 Å². The molecule has 1 aromatic carbocycles. The van der Waals surface area contributed by atoms with Gasteiger partial charge in [-0.25, -0.2) is 0 Å². The lowest BCUT2D eigenvalue weighted by Gasteiger charge is -2.38. The summed E-state index contributed by atoms with van der Waals surface area (Å²) in [6.45, 7) is 14.0. The molecule has 0 atom stereocenters. The molecule has 0 unspecified atom stereocenters. The molecule has 2 aromatic rings. The van der Waals surface area contributed by atoms with E-state index in [1.165, 1.54) is 16.8 Å². The quantitative estimate of drug-likeness (QED) is 0.702. The lowest BCUT2D eigenvalue weighted by molar-refractivity contribution is 0.0755. The number of anilines is 2. The molecule has 2 heterocycles. The van der Waals surface area contributed by atoms with E-state index in [4.69, 9.17) is 0 Å². The normalized spacial score (nSPS) is 14.2. The van der Waals surface area contributed by atoms with E-state index in [0.717, 1.165) is 57.8 Å². The van der Waals surface area contributed by atoms with Crippen molar-refractivity contribution in [3.05, 3.63) is 53.3 Å². The highest BCUT2D eigenvalue weighted by molar-refractivity contribution is 5.94. The molecule has 5 nitrogen and oxygen atoms in total. The number of benzene rings is 1. The van der Waals surface area contributed by atoms with Gasteiger partial charge in [0, 0.05) is 51.2 Å². The van der Waals surface area contributed by atoms with Crippen LogP contribution in [0.5, 0.6) is 0 Å². The van der Waals surface area contributed by atoms with Crippen LogP contribution in [0.4, 0.5) is 11.4 Å². The molecular formula is C24H34N4O. The highest BCUT2D eigenvalue weighted by Gasteiger charge is 2.21. The molecular weight excluding hydrogens is 360 g/mol. The minimum absolute atomic E-state index is 0.0945. The molecule has 3 rings (SSSR count). The average molecular weight is 395 g/mol. The number of hydrogen-bond acceptors (Lipinski definition) is 4. The molecule has 1 amide bonds. The molecule has 1 fully saturated rings.